The van der Waals surface area contributed by atoms with E-state index in [1.165, 1.54) is 48.3 Å². The summed E-state index contributed by atoms with van der Waals surface area (Å²) >= 11 is 0. The van der Waals surface area contributed by atoms with E-state index in [4.69, 9.17) is 0 Å². The molecule has 0 bridgehead atoms. The van der Waals surface area contributed by atoms with Crippen molar-refractivity contribution < 1.29 is 0 Å². The third kappa shape index (κ3) is 3.81. The van der Waals surface area contributed by atoms with Gasteiger partial charge in [0.15, 0.2) is 0 Å². The smallest absolute Gasteiger partial charge is 0.0343 e. The number of nitrogens with zero attached hydrogens (tertiary/aromatic N) is 1. The summed E-state index contributed by atoms with van der Waals surface area (Å²) in [5.41, 5.74) is 6.29. The van der Waals surface area contributed by atoms with Gasteiger partial charge in [0.25, 0.3) is 0 Å². The molecule has 0 atom stereocenters. The molecule has 1 saturated heterocycles. The first kappa shape index (κ1) is 15.5. The Hall–Kier alpha value is -1.90. The van der Waals surface area contributed by atoms with Crippen LogP contribution in [0.2, 0.25) is 0 Å². The fourth-order valence-electron chi connectivity index (χ4n) is 2.83. The summed E-state index contributed by atoms with van der Waals surface area (Å²) in [4.78, 5) is 2.47. The molecule has 114 valence electrons. The van der Waals surface area contributed by atoms with Crippen LogP contribution in [0.4, 0.5) is 5.69 Å². The molecule has 1 aliphatic heterocycles. The van der Waals surface area contributed by atoms with Gasteiger partial charge >= 0.3 is 0 Å². The third-order valence-electron chi connectivity index (χ3n) is 4.11. The summed E-state index contributed by atoms with van der Waals surface area (Å²) in [5.74, 6) is 0. The van der Waals surface area contributed by atoms with Crippen LogP contribution in [0, 0.1) is 6.92 Å². The normalized spacial score (nSPS) is 16.3. The quantitative estimate of drug-likeness (QED) is 0.810. The van der Waals surface area contributed by atoms with Crippen molar-refractivity contribution >= 4 is 11.3 Å². The van der Waals surface area contributed by atoms with E-state index in [1.807, 2.05) is 14.1 Å². The molecule has 1 heterocycles. The summed E-state index contributed by atoms with van der Waals surface area (Å²) in [5, 5.41) is 6.40. The molecule has 21 heavy (non-hydrogen) atoms. The molecule has 0 amide bonds. The van der Waals surface area contributed by atoms with Crippen molar-refractivity contribution in [1.82, 2.24) is 10.2 Å². The van der Waals surface area contributed by atoms with E-state index in [9.17, 15) is 0 Å². The highest BCUT2D eigenvalue weighted by Gasteiger charge is 2.13. The largest absolute Gasteiger partial charge is 0.393 e. The number of allylic oxidation sites excluding steroid dienone is 3. The Kier molecular flexibility index (Phi) is 5.32. The van der Waals surface area contributed by atoms with Crippen LogP contribution in [0.5, 0.6) is 0 Å². The van der Waals surface area contributed by atoms with Crippen molar-refractivity contribution in [2.75, 3.05) is 32.5 Å². The molecule has 0 saturated carbocycles. The minimum absolute atomic E-state index is 1.14. The number of benzene rings is 1. The van der Waals surface area contributed by atoms with Crippen LogP contribution >= 0.6 is 0 Å². The molecule has 0 aromatic heterocycles. The van der Waals surface area contributed by atoms with Gasteiger partial charge in [0, 0.05) is 44.8 Å². The first-order chi connectivity index (χ1) is 10.2. The minimum atomic E-state index is 1.14. The molecule has 3 nitrogen and oxygen atoms in total. The molecule has 0 radical (unpaired) electrons. The molecule has 3 heteroatoms. The number of likely N-dealkylation sites (tertiary alicyclic amines) is 1. The Morgan fingerprint density at radius 1 is 1.19 bits per heavy atom. The summed E-state index contributed by atoms with van der Waals surface area (Å²) in [6.45, 7) is 6.75. The Morgan fingerprint density at radius 3 is 2.52 bits per heavy atom. The SMILES string of the molecule is CN/C=C(\C=C(/C)N1CCCC1)c1cc(NC)ccc1C. The van der Waals surface area contributed by atoms with Crippen LogP contribution in [0.15, 0.2) is 36.2 Å². The predicted molar refractivity (Wildman–Crippen MR) is 92.3 cm³/mol. The minimum Gasteiger partial charge on any atom is -0.393 e. The zero-order chi connectivity index (χ0) is 15.2. The number of anilines is 1. The van der Waals surface area contributed by atoms with E-state index in [0.717, 1.165) is 5.69 Å². The Labute approximate surface area is 128 Å². The van der Waals surface area contributed by atoms with Gasteiger partial charge in [0.05, 0.1) is 0 Å². The molecule has 1 fully saturated rings. The van der Waals surface area contributed by atoms with Crippen LogP contribution in [0.3, 0.4) is 0 Å². The molecule has 0 spiro atoms. The van der Waals surface area contributed by atoms with E-state index < -0.39 is 0 Å². The number of aryl methyl sites for hydroxylation is 1. The van der Waals surface area contributed by atoms with Crippen molar-refractivity contribution in [3.05, 3.63) is 47.3 Å². The highest BCUT2D eigenvalue weighted by Crippen LogP contribution is 2.26. The van der Waals surface area contributed by atoms with Crippen LogP contribution < -0.4 is 10.6 Å². The van der Waals surface area contributed by atoms with Gasteiger partial charge in [0.1, 0.15) is 0 Å². The van der Waals surface area contributed by atoms with Crippen molar-refractivity contribution in [3.63, 3.8) is 0 Å². The summed E-state index contributed by atoms with van der Waals surface area (Å²) in [6.07, 6.45) is 7.00. The van der Waals surface area contributed by atoms with Gasteiger partial charge in [-0.1, -0.05) is 6.07 Å². The predicted octanol–water partition coefficient (Wildman–Crippen LogP) is 3.60. The van der Waals surface area contributed by atoms with E-state index >= 15 is 0 Å². The first-order valence-corrected chi connectivity index (χ1v) is 7.75. The average Bonchev–Trinajstić information content (AvgIpc) is 3.01. The van der Waals surface area contributed by atoms with Gasteiger partial charge in [0.2, 0.25) is 0 Å². The summed E-state index contributed by atoms with van der Waals surface area (Å²) < 4.78 is 0. The highest BCUT2D eigenvalue weighted by atomic mass is 15.1. The maximum atomic E-state index is 3.22. The first-order valence-electron chi connectivity index (χ1n) is 7.75. The van der Waals surface area contributed by atoms with Crippen LogP contribution in [0.25, 0.3) is 5.57 Å². The van der Waals surface area contributed by atoms with Crippen molar-refractivity contribution in [2.45, 2.75) is 26.7 Å². The monoisotopic (exact) mass is 285 g/mol. The molecule has 1 aromatic carbocycles. The van der Waals surface area contributed by atoms with E-state index in [0.29, 0.717) is 0 Å². The number of nitrogens with one attached hydrogen (secondary N) is 2. The Morgan fingerprint density at radius 2 is 1.90 bits per heavy atom. The lowest BCUT2D eigenvalue weighted by molar-refractivity contribution is 0.428. The van der Waals surface area contributed by atoms with Crippen LogP contribution in [-0.2, 0) is 0 Å². The Bertz CT molecular complexity index is 537. The van der Waals surface area contributed by atoms with Crippen molar-refractivity contribution in [3.8, 4) is 0 Å². The van der Waals surface area contributed by atoms with Crippen LogP contribution in [-0.4, -0.2) is 32.1 Å². The molecule has 2 rings (SSSR count). The fraction of sp³-hybridized carbons (Fsp3) is 0.444. The molecular formula is C18H27N3. The fourth-order valence-corrected chi connectivity index (χ4v) is 2.83. The molecule has 2 N–H and O–H groups in total. The summed E-state index contributed by atoms with van der Waals surface area (Å²) in [6, 6.07) is 6.50. The van der Waals surface area contributed by atoms with Crippen LogP contribution in [0.1, 0.15) is 30.9 Å². The molecule has 0 aliphatic carbocycles. The van der Waals surface area contributed by atoms with Gasteiger partial charge in [-0.05, 0) is 61.6 Å². The molecular weight excluding hydrogens is 258 g/mol. The maximum Gasteiger partial charge on any atom is 0.0343 e. The number of rotatable bonds is 5. The number of hydrogen-bond donors (Lipinski definition) is 2. The summed E-state index contributed by atoms with van der Waals surface area (Å²) in [7, 11) is 3.91. The van der Waals surface area contributed by atoms with Crippen molar-refractivity contribution in [2.24, 2.45) is 0 Å². The van der Waals surface area contributed by atoms with E-state index in [-0.39, 0.29) is 0 Å². The average molecular weight is 285 g/mol. The van der Waals surface area contributed by atoms with Gasteiger partial charge in [-0.3, -0.25) is 0 Å². The molecule has 1 aromatic rings. The second kappa shape index (κ2) is 7.21. The highest BCUT2D eigenvalue weighted by molar-refractivity contribution is 5.78. The van der Waals surface area contributed by atoms with Gasteiger partial charge in [-0.25, -0.2) is 0 Å². The third-order valence-corrected chi connectivity index (χ3v) is 4.11. The number of hydrogen-bond acceptors (Lipinski definition) is 3. The van der Waals surface area contributed by atoms with Crippen molar-refractivity contribution in [1.29, 1.82) is 0 Å². The lowest BCUT2D eigenvalue weighted by Crippen LogP contribution is -2.16. The van der Waals surface area contributed by atoms with Gasteiger partial charge < -0.3 is 15.5 Å². The topological polar surface area (TPSA) is 27.3 Å². The van der Waals surface area contributed by atoms with Gasteiger partial charge in [-0.2, -0.15) is 0 Å². The second-order valence-electron chi connectivity index (χ2n) is 5.65. The second-order valence-corrected chi connectivity index (χ2v) is 5.65. The lowest BCUT2D eigenvalue weighted by Gasteiger charge is -2.19. The molecule has 0 unspecified atom stereocenters. The maximum absolute atomic E-state index is 3.22. The van der Waals surface area contributed by atoms with E-state index in [1.54, 1.807) is 0 Å². The standard InChI is InChI=1S/C18H27N3/c1-14-7-8-17(20-4)12-18(14)16(13-19-3)11-15(2)21-9-5-6-10-21/h7-8,11-13,19-20H,5-6,9-10H2,1-4H3/b15-11+,16-13+. The zero-order valence-corrected chi connectivity index (χ0v) is 13.7. The molecule has 1 aliphatic rings. The van der Waals surface area contributed by atoms with Gasteiger partial charge in [-0.15, -0.1) is 0 Å². The Balaban J connectivity index is 2.35. The van der Waals surface area contributed by atoms with E-state index in [2.05, 4.69) is 59.9 Å². The lowest BCUT2D eigenvalue weighted by atomic mass is 9.99. The zero-order valence-electron chi connectivity index (χ0n) is 13.7.